The second-order valence-electron chi connectivity index (χ2n) is 7.98. The van der Waals surface area contributed by atoms with Crippen molar-refractivity contribution in [2.24, 2.45) is 5.92 Å². The minimum Gasteiger partial charge on any atom is -0.465 e. The molecule has 3 amide bonds. The number of rotatable bonds is 7. The molecule has 1 fully saturated rings. The van der Waals surface area contributed by atoms with Gasteiger partial charge in [0.15, 0.2) is 18.1 Å². The lowest BCUT2D eigenvalue weighted by atomic mass is 9.81. The zero-order valence-corrected chi connectivity index (χ0v) is 17.4. The van der Waals surface area contributed by atoms with E-state index >= 15 is 0 Å². The van der Waals surface area contributed by atoms with Gasteiger partial charge in [0.2, 0.25) is 0 Å². The number of hydrogen-bond donors (Lipinski definition) is 3. The van der Waals surface area contributed by atoms with Crippen LogP contribution in [0, 0.1) is 5.92 Å². The maximum absolute atomic E-state index is 12.2. The zero-order valence-electron chi connectivity index (χ0n) is 17.4. The first-order valence-corrected chi connectivity index (χ1v) is 9.77. The predicted octanol–water partition coefficient (Wildman–Crippen LogP) is 2.60. The standard InChI is InChI=1S/C19H30N4O6/c1-5-13-8-12(6-7-23(13)18(26)27)10-19(2,3)21-17(25)28-11-14-9-15(22-29-14)16(24)20-4/h9,12-13H,5-8,10-11H2,1-4H3,(H,20,24)(H,21,25)(H,26,27). The molecule has 0 saturated carbocycles. The summed E-state index contributed by atoms with van der Waals surface area (Å²) in [5.74, 6) is 0.198. The summed E-state index contributed by atoms with van der Waals surface area (Å²) in [7, 11) is 1.48. The lowest BCUT2D eigenvalue weighted by molar-refractivity contribution is 0.0776. The van der Waals surface area contributed by atoms with Gasteiger partial charge in [-0.05, 0) is 45.4 Å². The quantitative estimate of drug-likeness (QED) is 0.629. The van der Waals surface area contributed by atoms with Crippen LogP contribution in [0.2, 0.25) is 0 Å². The molecule has 0 aromatic carbocycles. The smallest absolute Gasteiger partial charge is 0.407 e. The van der Waals surface area contributed by atoms with E-state index in [4.69, 9.17) is 9.26 Å². The number of alkyl carbamates (subject to hydrolysis) is 1. The fraction of sp³-hybridized carbons (Fsp3) is 0.684. The van der Waals surface area contributed by atoms with Crippen LogP contribution in [-0.4, -0.2) is 58.4 Å². The van der Waals surface area contributed by atoms with Gasteiger partial charge in [-0.1, -0.05) is 12.1 Å². The summed E-state index contributed by atoms with van der Waals surface area (Å²) >= 11 is 0. The van der Waals surface area contributed by atoms with Gasteiger partial charge in [-0.2, -0.15) is 0 Å². The molecule has 162 valence electrons. The number of carbonyl (C=O) groups excluding carboxylic acids is 2. The van der Waals surface area contributed by atoms with Crippen molar-refractivity contribution in [3.8, 4) is 0 Å². The van der Waals surface area contributed by atoms with Crippen LogP contribution >= 0.6 is 0 Å². The molecule has 2 heterocycles. The highest BCUT2D eigenvalue weighted by Crippen LogP contribution is 2.31. The van der Waals surface area contributed by atoms with Gasteiger partial charge >= 0.3 is 12.2 Å². The van der Waals surface area contributed by atoms with Crippen molar-refractivity contribution in [2.75, 3.05) is 13.6 Å². The van der Waals surface area contributed by atoms with Gasteiger partial charge in [0.05, 0.1) is 0 Å². The highest BCUT2D eigenvalue weighted by molar-refractivity contribution is 5.91. The Morgan fingerprint density at radius 3 is 2.76 bits per heavy atom. The minimum absolute atomic E-state index is 0.00923. The van der Waals surface area contributed by atoms with E-state index in [9.17, 15) is 19.5 Å². The van der Waals surface area contributed by atoms with E-state index in [-0.39, 0.29) is 30.0 Å². The fourth-order valence-corrected chi connectivity index (χ4v) is 3.80. The van der Waals surface area contributed by atoms with Crippen molar-refractivity contribution in [1.82, 2.24) is 20.7 Å². The summed E-state index contributed by atoms with van der Waals surface area (Å²) in [6.45, 7) is 6.19. The molecule has 0 spiro atoms. The summed E-state index contributed by atoms with van der Waals surface area (Å²) in [6.07, 6.45) is 1.57. The van der Waals surface area contributed by atoms with Crippen LogP contribution in [0.3, 0.4) is 0 Å². The molecule has 29 heavy (non-hydrogen) atoms. The number of carboxylic acid groups (broad SMARTS) is 1. The minimum atomic E-state index is -0.872. The monoisotopic (exact) mass is 410 g/mol. The third kappa shape index (κ3) is 6.37. The molecule has 1 aromatic rings. The van der Waals surface area contributed by atoms with E-state index in [2.05, 4.69) is 15.8 Å². The number of hydrogen-bond acceptors (Lipinski definition) is 6. The molecule has 3 N–H and O–H groups in total. The molecular formula is C19H30N4O6. The second-order valence-corrected chi connectivity index (χ2v) is 7.98. The van der Waals surface area contributed by atoms with Gasteiger partial charge in [-0.25, -0.2) is 9.59 Å². The van der Waals surface area contributed by atoms with Crippen LogP contribution in [0.4, 0.5) is 9.59 Å². The third-order valence-electron chi connectivity index (χ3n) is 5.14. The molecule has 10 heteroatoms. The SMILES string of the molecule is CCC1CC(CC(C)(C)NC(=O)OCc2cc(C(=O)NC)no2)CCN1C(=O)O. The predicted molar refractivity (Wildman–Crippen MR) is 103 cm³/mol. The second kappa shape index (κ2) is 9.62. The maximum Gasteiger partial charge on any atom is 0.407 e. The topological polar surface area (TPSA) is 134 Å². The van der Waals surface area contributed by atoms with Gasteiger partial charge in [-0.15, -0.1) is 0 Å². The Hall–Kier alpha value is -2.78. The van der Waals surface area contributed by atoms with Crippen molar-refractivity contribution < 1.29 is 28.8 Å². The molecule has 1 aliphatic rings. The van der Waals surface area contributed by atoms with Crippen LogP contribution in [0.1, 0.15) is 62.7 Å². The fourth-order valence-electron chi connectivity index (χ4n) is 3.80. The molecule has 0 bridgehead atoms. The van der Waals surface area contributed by atoms with Crippen molar-refractivity contribution in [3.05, 3.63) is 17.5 Å². The van der Waals surface area contributed by atoms with E-state index in [0.29, 0.717) is 12.5 Å². The summed E-state index contributed by atoms with van der Waals surface area (Å²) in [5, 5.41) is 18.2. The Morgan fingerprint density at radius 2 is 2.14 bits per heavy atom. The first kappa shape index (κ1) is 22.5. The van der Waals surface area contributed by atoms with Crippen LogP contribution in [-0.2, 0) is 11.3 Å². The van der Waals surface area contributed by atoms with Gasteiger partial charge in [0, 0.05) is 31.2 Å². The lowest BCUT2D eigenvalue weighted by Crippen LogP contribution is -2.49. The molecule has 10 nitrogen and oxygen atoms in total. The first-order chi connectivity index (χ1) is 13.6. The average Bonchev–Trinajstić information content (AvgIpc) is 3.13. The van der Waals surface area contributed by atoms with Crippen molar-refractivity contribution >= 4 is 18.1 Å². The van der Waals surface area contributed by atoms with Crippen LogP contribution in [0.5, 0.6) is 0 Å². The van der Waals surface area contributed by atoms with Crippen molar-refractivity contribution in [3.63, 3.8) is 0 Å². The molecule has 1 saturated heterocycles. The van der Waals surface area contributed by atoms with Crippen LogP contribution in [0.15, 0.2) is 10.6 Å². The number of ether oxygens (including phenoxy) is 1. The Labute approximate surface area is 169 Å². The molecular weight excluding hydrogens is 380 g/mol. The van der Waals surface area contributed by atoms with E-state index < -0.39 is 17.7 Å². The molecule has 2 atom stereocenters. The van der Waals surface area contributed by atoms with E-state index in [1.165, 1.54) is 18.0 Å². The van der Waals surface area contributed by atoms with Crippen molar-refractivity contribution in [1.29, 1.82) is 0 Å². The molecule has 2 unspecified atom stereocenters. The normalized spacial score (nSPS) is 19.5. The largest absolute Gasteiger partial charge is 0.465 e. The number of aromatic nitrogens is 1. The Morgan fingerprint density at radius 1 is 1.41 bits per heavy atom. The lowest BCUT2D eigenvalue weighted by Gasteiger charge is -2.40. The average molecular weight is 410 g/mol. The molecule has 1 aliphatic heterocycles. The Kier molecular flexibility index (Phi) is 7.46. The van der Waals surface area contributed by atoms with Gasteiger partial charge < -0.3 is 29.9 Å². The summed E-state index contributed by atoms with van der Waals surface area (Å²) in [4.78, 5) is 36.5. The first-order valence-electron chi connectivity index (χ1n) is 9.77. The number of piperidine rings is 1. The Bertz CT molecular complexity index is 732. The summed E-state index contributed by atoms with van der Waals surface area (Å²) in [6, 6.07) is 1.42. The molecule has 0 aliphatic carbocycles. The number of nitrogens with one attached hydrogen (secondary N) is 2. The highest BCUT2D eigenvalue weighted by atomic mass is 16.6. The molecule has 2 rings (SSSR count). The Balaban J connectivity index is 1.82. The maximum atomic E-state index is 12.2. The number of amides is 3. The van der Waals surface area contributed by atoms with Gasteiger partial charge in [0.25, 0.3) is 5.91 Å². The van der Waals surface area contributed by atoms with Gasteiger partial charge in [0.1, 0.15) is 0 Å². The molecule has 1 aromatic heterocycles. The molecule has 0 radical (unpaired) electrons. The number of nitrogens with zero attached hydrogens (tertiary/aromatic N) is 2. The van der Waals surface area contributed by atoms with E-state index in [1.54, 1.807) is 0 Å². The van der Waals surface area contributed by atoms with Crippen molar-refractivity contribution in [2.45, 2.75) is 64.6 Å². The zero-order chi connectivity index (χ0) is 21.6. The van der Waals surface area contributed by atoms with Crippen LogP contribution < -0.4 is 10.6 Å². The summed E-state index contributed by atoms with van der Waals surface area (Å²) in [5.41, 5.74) is -0.398. The number of carbonyl (C=O) groups is 3. The van der Waals surface area contributed by atoms with Crippen LogP contribution in [0.25, 0.3) is 0 Å². The van der Waals surface area contributed by atoms with Gasteiger partial charge in [-0.3, -0.25) is 4.79 Å². The number of likely N-dealkylation sites (tertiary alicyclic amines) is 1. The van der Waals surface area contributed by atoms with E-state index in [1.807, 2.05) is 20.8 Å². The van der Waals surface area contributed by atoms with E-state index in [0.717, 1.165) is 25.7 Å². The highest BCUT2D eigenvalue weighted by Gasteiger charge is 2.34. The third-order valence-corrected chi connectivity index (χ3v) is 5.14. The summed E-state index contributed by atoms with van der Waals surface area (Å²) < 4.78 is 10.1.